The average molecular weight is 287 g/mol. The highest BCUT2D eigenvalue weighted by Crippen LogP contribution is 2.41. The van der Waals surface area contributed by atoms with E-state index in [2.05, 4.69) is 5.32 Å². The fraction of sp³-hybridized carbons (Fsp3) is 0.667. The fourth-order valence-corrected chi connectivity index (χ4v) is 3.98. The van der Waals surface area contributed by atoms with E-state index in [0.717, 1.165) is 18.2 Å². The molecule has 0 aromatic carbocycles. The lowest BCUT2D eigenvalue weighted by Crippen LogP contribution is -2.40. The molecule has 1 atom stereocenters. The average Bonchev–Trinajstić information content (AvgIpc) is 2.86. The predicted octanol–water partition coefficient (Wildman–Crippen LogP) is 0.448. The number of rotatable bonds is 4. The fourth-order valence-electron chi connectivity index (χ4n) is 2.75. The van der Waals surface area contributed by atoms with Crippen molar-refractivity contribution in [3.8, 4) is 0 Å². The number of carboxylic acid groups (broad SMARTS) is 1. The Balaban J connectivity index is 1.94. The topological polar surface area (TPSA) is 101 Å². The van der Waals surface area contributed by atoms with Crippen LogP contribution in [0, 0.1) is 5.41 Å². The van der Waals surface area contributed by atoms with Gasteiger partial charge in [0, 0.05) is 11.8 Å². The molecule has 1 heterocycles. The van der Waals surface area contributed by atoms with Gasteiger partial charge in [0.05, 0.1) is 17.2 Å². The number of nitrogens with one attached hydrogen (secondary N) is 1. The van der Waals surface area contributed by atoms with E-state index in [1.54, 1.807) is 0 Å². The van der Waals surface area contributed by atoms with Crippen molar-refractivity contribution < 1.29 is 23.1 Å². The third kappa shape index (κ3) is 3.15. The molecule has 106 valence electrons. The maximum atomic E-state index is 11.9. The Bertz CT molecular complexity index is 516. The van der Waals surface area contributed by atoms with Crippen molar-refractivity contribution in [2.24, 2.45) is 5.41 Å². The predicted molar refractivity (Wildman–Crippen MR) is 68.0 cm³/mol. The van der Waals surface area contributed by atoms with Crippen LogP contribution in [0.15, 0.2) is 11.5 Å². The molecule has 0 spiro atoms. The number of hydrogen-bond acceptors (Lipinski definition) is 4. The van der Waals surface area contributed by atoms with E-state index < -0.39 is 33.2 Å². The van der Waals surface area contributed by atoms with Gasteiger partial charge in [0.15, 0.2) is 9.84 Å². The van der Waals surface area contributed by atoms with E-state index in [1.165, 1.54) is 6.08 Å². The minimum Gasteiger partial charge on any atom is -0.481 e. The highest BCUT2D eigenvalue weighted by Gasteiger charge is 2.43. The van der Waals surface area contributed by atoms with Crippen LogP contribution in [0.25, 0.3) is 0 Å². The first-order valence-corrected chi connectivity index (χ1v) is 7.98. The number of carbonyl (C=O) groups excluding carboxylic acids is 1. The summed E-state index contributed by atoms with van der Waals surface area (Å²) in [5, 5.41) is 12.9. The van der Waals surface area contributed by atoms with Crippen LogP contribution in [0.4, 0.5) is 0 Å². The van der Waals surface area contributed by atoms with Crippen molar-refractivity contribution in [2.45, 2.75) is 38.1 Å². The highest BCUT2D eigenvalue weighted by atomic mass is 32.2. The summed E-state index contributed by atoms with van der Waals surface area (Å²) in [6.07, 6.45) is 4.00. The summed E-state index contributed by atoms with van der Waals surface area (Å²) in [7, 11) is -3.21. The maximum absolute atomic E-state index is 11.9. The molecule has 1 saturated carbocycles. The summed E-state index contributed by atoms with van der Waals surface area (Å²) >= 11 is 0. The summed E-state index contributed by atoms with van der Waals surface area (Å²) in [4.78, 5) is 23.2. The minimum absolute atomic E-state index is 0.0767. The van der Waals surface area contributed by atoms with Gasteiger partial charge in [-0.05, 0) is 18.9 Å². The Morgan fingerprint density at radius 1 is 1.32 bits per heavy atom. The van der Waals surface area contributed by atoms with E-state index in [1.807, 2.05) is 0 Å². The molecule has 0 saturated heterocycles. The molecule has 2 aliphatic rings. The van der Waals surface area contributed by atoms with Gasteiger partial charge in [0.1, 0.15) is 0 Å². The second-order valence-corrected chi connectivity index (χ2v) is 7.23. The molecule has 1 fully saturated rings. The van der Waals surface area contributed by atoms with Gasteiger partial charge in [0.25, 0.3) is 0 Å². The number of amides is 1. The number of hydrogen-bond donors (Lipinski definition) is 2. The lowest BCUT2D eigenvalue weighted by molar-refractivity contribution is -0.151. The number of sulfone groups is 1. The first-order valence-electron chi connectivity index (χ1n) is 6.27. The van der Waals surface area contributed by atoms with Crippen LogP contribution in [0.3, 0.4) is 0 Å². The normalized spacial score (nSPS) is 27.3. The molecule has 1 unspecified atom stereocenters. The Labute approximate surface area is 111 Å². The molecular formula is C12H17NO5S. The maximum Gasteiger partial charge on any atom is 0.310 e. The summed E-state index contributed by atoms with van der Waals surface area (Å²) in [5.74, 6) is -1.47. The molecule has 7 heteroatoms. The minimum atomic E-state index is -3.21. The van der Waals surface area contributed by atoms with Gasteiger partial charge in [-0.25, -0.2) is 8.42 Å². The van der Waals surface area contributed by atoms with E-state index in [-0.39, 0.29) is 12.2 Å². The smallest absolute Gasteiger partial charge is 0.310 e. The van der Waals surface area contributed by atoms with Crippen molar-refractivity contribution in [1.82, 2.24) is 5.32 Å². The van der Waals surface area contributed by atoms with Gasteiger partial charge >= 0.3 is 5.97 Å². The molecule has 19 heavy (non-hydrogen) atoms. The molecule has 0 radical (unpaired) electrons. The van der Waals surface area contributed by atoms with Gasteiger partial charge in [-0.2, -0.15) is 0 Å². The number of carboxylic acids is 1. The molecule has 2 rings (SSSR count). The summed E-state index contributed by atoms with van der Waals surface area (Å²) in [5.41, 5.74) is -0.967. The van der Waals surface area contributed by atoms with Gasteiger partial charge in [-0.3, -0.25) is 9.59 Å². The van der Waals surface area contributed by atoms with Crippen molar-refractivity contribution in [1.29, 1.82) is 0 Å². The molecule has 0 bridgehead atoms. The molecule has 0 aromatic rings. The van der Waals surface area contributed by atoms with Crippen molar-refractivity contribution >= 4 is 21.7 Å². The van der Waals surface area contributed by atoms with E-state index >= 15 is 0 Å². The van der Waals surface area contributed by atoms with Crippen LogP contribution in [-0.2, 0) is 19.4 Å². The first-order chi connectivity index (χ1) is 8.83. The third-order valence-electron chi connectivity index (χ3n) is 3.79. The molecule has 2 N–H and O–H groups in total. The van der Waals surface area contributed by atoms with Crippen LogP contribution in [-0.4, -0.2) is 37.2 Å². The Morgan fingerprint density at radius 3 is 2.42 bits per heavy atom. The number of aliphatic carboxylic acids is 1. The Hall–Kier alpha value is -1.37. The zero-order valence-corrected chi connectivity index (χ0v) is 11.3. The zero-order valence-electron chi connectivity index (χ0n) is 10.5. The second kappa shape index (κ2) is 4.96. The van der Waals surface area contributed by atoms with Crippen LogP contribution in [0.5, 0.6) is 0 Å². The summed E-state index contributed by atoms with van der Waals surface area (Å²) in [6.45, 7) is 0. The third-order valence-corrected chi connectivity index (χ3v) is 5.19. The van der Waals surface area contributed by atoms with Crippen LogP contribution in [0.2, 0.25) is 0 Å². The van der Waals surface area contributed by atoms with E-state index in [4.69, 9.17) is 0 Å². The van der Waals surface area contributed by atoms with E-state index in [9.17, 15) is 23.1 Å². The van der Waals surface area contributed by atoms with Crippen molar-refractivity contribution in [3.63, 3.8) is 0 Å². The zero-order chi connectivity index (χ0) is 14.1. The molecule has 1 amide bonds. The molecule has 6 nitrogen and oxygen atoms in total. The van der Waals surface area contributed by atoms with E-state index in [0.29, 0.717) is 12.8 Å². The van der Waals surface area contributed by atoms with Gasteiger partial charge in [0.2, 0.25) is 5.91 Å². The Morgan fingerprint density at radius 2 is 1.95 bits per heavy atom. The molecule has 0 aromatic heterocycles. The van der Waals surface area contributed by atoms with Gasteiger partial charge in [-0.15, -0.1) is 0 Å². The summed E-state index contributed by atoms with van der Waals surface area (Å²) < 4.78 is 22.4. The number of carbonyl (C=O) groups is 2. The molecule has 1 aliphatic carbocycles. The van der Waals surface area contributed by atoms with Crippen LogP contribution in [0.1, 0.15) is 32.1 Å². The summed E-state index contributed by atoms with van der Waals surface area (Å²) in [6, 6.07) is -0.537. The lowest BCUT2D eigenvalue weighted by atomic mass is 9.82. The lowest BCUT2D eigenvalue weighted by Gasteiger charge is -2.23. The second-order valence-electron chi connectivity index (χ2n) is 5.30. The monoisotopic (exact) mass is 287 g/mol. The molecular weight excluding hydrogens is 270 g/mol. The van der Waals surface area contributed by atoms with Crippen LogP contribution >= 0.6 is 0 Å². The quantitative estimate of drug-likeness (QED) is 0.781. The standard InChI is InChI=1S/C12H17NO5S/c14-10(13-9-3-6-19(17,18)8-9)7-12(11(15)16)4-1-2-5-12/h3,6,9H,1-2,4-5,7-8H2,(H,13,14)(H,15,16). The Kier molecular flexibility index (Phi) is 3.66. The molecule has 1 aliphatic heterocycles. The highest BCUT2D eigenvalue weighted by molar-refractivity contribution is 7.94. The largest absolute Gasteiger partial charge is 0.481 e. The van der Waals surface area contributed by atoms with Gasteiger partial charge in [-0.1, -0.05) is 12.8 Å². The SMILES string of the molecule is O=C(CC1(C(=O)O)CCCC1)NC1C=CS(=O)(=O)C1. The van der Waals surface area contributed by atoms with Gasteiger partial charge < -0.3 is 10.4 Å². The van der Waals surface area contributed by atoms with Crippen LogP contribution < -0.4 is 5.32 Å². The van der Waals surface area contributed by atoms with Crippen molar-refractivity contribution in [3.05, 3.63) is 11.5 Å². The van der Waals surface area contributed by atoms with Crippen molar-refractivity contribution in [2.75, 3.05) is 5.75 Å². The first kappa shape index (κ1) is 14.0.